The van der Waals surface area contributed by atoms with Crippen LogP contribution in [0.15, 0.2) is 35.1 Å². The molecule has 6 nitrogen and oxygen atoms in total. The Hall–Kier alpha value is -2.63. The number of aromatic nitrogens is 2. The molecule has 25 heavy (non-hydrogen) atoms. The Morgan fingerprint density at radius 2 is 2.12 bits per heavy atom. The van der Waals surface area contributed by atoms with E-state index in [-0.39, 0.29) is 17.4 Å². The van der Waals surface area contributed by atoms with E-state index in [0.717, 1.165) is 30.7 Å². The van der Waals surface area contributed by atoms with Crippen molar-refractivity contribution in [3.63, 3.8) is 0 Å². The molecule has 1 aromatic heterocycles. The number of H-pyrrole nitrogens is 1. The van der Waals surface area contributed by atoms with Crippen LogP contribution >= 0.6 is 0 Å². The normalized spacial score (nSPS) is 17.4. The highest BCUT2D eigenvalue weighted by atomic mass is 16.5. The van der Waals surface area contributed by atoms with Gasteiger partial charge in [-0.15, -0.1) is 0 Å². The van der Waals surface area contributed by atoms with Gasteiger partial charge in [-0.05, 0) is 37.5 Å². The van der Waals surface area contributed by atoms with Crippen LogP contribution in [0.1, 0.15) is 35.8 Å². The number of carbonyl (C=O) groups is 1. The van der Waals surface area contributed by atoms with Crippen molar-refractivity contribution in [2.24, 2.45) is 0 Å². The van der Waals surface area contributed by atoms with Crippen molar-refractivity contribution in [1.29, 1.82) is 0 Å². The lowest BCUT2D eigenvalue weighted by atomic mass is 9.96. The summed E-state index contributed by atoms with van der Waals surface area (Å²) in [5, 5.41) is 0. The van der Waals surface area contributed by atoms with Gasteiger partial charge in [0.05, 0.1) is 13.5 Å². The molecule has 2 heterocycles. The van der Waals surface area contributed by atoms with Gasteiger partial charge in [0, 0.05) is 30.8 Å². The summed E-state index contributed by atoms with van der Waals surface area (Å²) >= 11 is 0. The van der Waals surface area contributed by atoms with Crippen molar-refractivity contribution in [2.45, 2.75) is 32.1 Å². The van der Waals surface area contributed by atoms with Crippen LogP contribution in [-0.2, 0) is 11.2 Å². The van der Waals surface area contributed by atoms with E-state index in [9.17, 15) is 9.59 Å². The smallest absolute Gasteiger partial charge is 0.251 e. The summed E-state index contributed by atoms with van der Waals surface area (Å²) in [5.74, 6) is 1.65. The number of aromatic amines is 1. The zero-order valence-corrected chi connectivity index (χ0v) is 14.6. The predicted molar refractivity (Wildman–Crippen MR) is 94.8 cm³/mol. The van der Waals surface area contributed by atoms with Crippen LogP contribution in [0.5, 0.6) is 5.75 Å². The van der Waals surface area contributed by atoms with Gasteiger partial charge >= 0.3 is 0 Å². The summed E-state index contributed by atoms with van der Waals surface area (Å²) in [7, 11) is 1.62. The molecule has 0 unspecified atom stereocenters. The molecule has 1 fully saturated rings. The van der Waals surface area contributed by atoms with E-state index in [4.69, 9.17) is 4.74 Å². The monoisotopic (exact) mass is 341 g/mol. The van der Waals surface area contributed by atoms with Crippen molar-refractivity contribution in [3.8, 4) is 5.75 Å². The Morgan fingerprint density at radius 3 is 2.80 bits per heavy atom. The Labute approximate surface area is 146 Å². The number of hydrogen-bond acceptors (Lipinski definition) is 4. The van der Waals surface area contributed by atoms with E-state index in [2.05, 4.69) is 9.97 Å². The maximum Gasteiger partial charge on any atom is 0.251 e. The number of benzene rings is 1. The predicted octanol–water partition coefficient (Wildman–Crippen LogP) is 2.04. The van der Waals surface area contributed by atoms with Crippen molar-refractivity contribution in [3.05, 3.63) is 57.8 Å². The molecule has 132 valence electrons. The molecule has 1 atom stereocenters. The Kier molecular flexibility index (Phi) is 5.16. The molecule has 0 saturated carbocycles. The average molecular weight is 341 g/mol. The summed E-state index contributed by atoms with van der Waals surface area (Å²) in [6.45, 7) is 3.16. The fourth-order valence-electron chi connectivity index (χ4n) is 3.25. The number of ether oxygens (including phenoxy) is 1. The lowest BCUT2D eigenvalue weighted by Crippen LogP contribution is -2.40. The molecule has 3 rings (SSSR count). The van der Waals surface area contributed by atoms with Gasteiger partial charge in [0.25, 0.3) is 5.56 Å². The van der Waals surface area contributed by atoms with Crippen molar-refractivity contribution >= 4 is 5.91 Å². The van der Waals surface area contributed by atoms with Gasteiger partial charge in [-0.2, -0.15) is 0 Å². The lowest BCUT2D eigenvalue weighted by molar-refractivity contribution is -0.131. The highest BCUT2D eigenvalue weighted by Gasteiger charge is 2.26. The quantitative estimate of drug-likeness (QED) is 0.923. The van der Waals surface area contributed by atoms with Gasteiger partial charge < -0.3 is 14.6 Å². The second-order valence-corrected chi connectivity index (χ2v) is 6.48. The first-order valence-corrected chi connectivity index (χ1v) is 8.53. The summed E-state index contributed by atoms with van der Waals surface area (Å²) in [6.07, 6.45) is 2.21. The number of aryl methyl sites for hydroxylation is 1. The minimum absolute atomic E-state index is 0.0844. The number of nitrogens with one attached hydrogen (secondary N) is 1. The maximum absolute atomic E-state index is 12.6. The molecule has 0 radical (unpaired) electrons. The van der Waals surface area contributed by atoms with E-state index >= 15 is 0 Å². The third-order valence-electron chi connectivity index (χ3n) is 4.56. The fraction of sp³-hybridized carbons (Fsp3) is 0.421. The molecular formula is C19H23N3O3. The van der Waals surface area contributed by atoms with Gasteiger partial charge in [0.2, 0.25) is 5.91 Å². The molecule has 1 saturated heterocycles. The molecule has 1 amide bonds. The molecular weight excluding hydrogens is 318 g/mol. The summed E-state index contributed by atoms with van der Waals surface area (Å²) < 4.78 is 5.14. The van der Waals surface area contributed by atoms with Crippen molar-refractivity contribution < 1.29 is 9.53 Å². The van der Waals surface area contributed by atoms with Crippen LogP contribution in [0.4, 0.5) is 0 Å². The van der Waals surface area contributed by atoms with Crippen LogP contribution in [0, 0.1) is 6.92 Å². The van der Waals surface area contributed by atoms with E-state index in [0.29, 0.717) is 24.5 Å². The van der Waals surface area contributed by atoms with Crippen molar-refractivity contribution in [2.75, 3.05) is 20.2 Å². The third-order valence-corrected chi connectivity index (χ3v) is 4.56. The number of piperidine rings is 1. The van der Waals surface area contributed by atoms with Crippen LogP contribution < -0.4 is 10.3 Å². The minimum atomic E-state index is -0.135. The second-order valence-electron chi connectivity index (χ2n) is 6.48. The fourth-order valence-corrected chi connectivity index (χ4v) is 3.25. The average Bonchev–Trinajstić information content (AvgIpc) is 2.61. The number of amides is 1. The van der Waals surface area contributed by atoms with Gasteiger partial charge in [-0.25, -0.2) is 4.98 Å². The number of likely N-dealkylation sites (tertiary alicyclic amines) is 1. The molecule has 1 aromatic carbocycles. The molecule has 2 aromatic rings. The Balaban J connectivity index is 1.67. The molecule has 1 N–H and O–H groups in total. The number of rotatable bonds is 4. The van der Waals surface area contributed by atoms with E-state index in [1.165, 1.54) is 6.07 Å². The van der Waals surface area contributed by atoms with E-state index in [1.807, 2.05) is 36.1 Å². The molecule has 6 heteroatoms. The topological polar surface area (TPSA) is 75.3 Å². The standard InChI is InChI=1S/C19H23N3O3/c1-13-10-17(23)21-19(20-13)15-4-3-9-22(12-15)18(24)11-14-5-7-16(25-2)8-6-14/h5-8,10,15H,3-4,9,11-12H2,1-2H3,(H,20,21,23)/t15-/m1/s1. The van der Waals surface area contributed by atoms with Crippen LogP contribution in [-0.4, -0.2) is 41.0 Å². The van der Waals surface area contributed by atoms with Crippen LogP contribution in [0.25, 0.3) is 0 Å². The molecule has 1 aliphatic heterocycles. The zero-order valence-electron chi connectivity index (χ0n) is 14.6. The zero-order chi connectivity index (χ0) is 17.8. The third kappa shape index (κ3) is 4.26. The number of nitrogens with zero attached hydrogens (tertiary/aromatic N) is 2. The maximum atomic E-state index is 12.6. The van der Waals surface area contributed by atoms with Gasteiger partial charge in [-0.1, -0.05) is 12.1 Å². The van der Waals surface area contributed by atoms with Crippen LogP contribution in [0.3, 0.4) is 0 Å². The van der Waals surface area contributed by atoms with Crippen molar-refractivity contribution in [1.82, 2.24) is 14.9 Å². The molecule has 0 bridgehead atoms. The highest BCUT2D eigenvalue weighted by molar-refractivity contribution is 5.79. The Bertz CT molecular complexity index is 798. The summed E-state index contributed by atoms with van der Waals surface area (Å²) in [5.41, 5.74) is 1.54. The summed E-state index contributed by atoms with van der Waals surface area (Å²) in [6, 6.07) is 9.04. The number of carbonyl (C=O) groups excluding carboxylic acids is 1. The molecule has 0 spiro atoms. The SMILES string of the molecule is COc1ccc(CC(=O)N2CCC[C@@H](c3nc(C)cc(=O)[nH]3)C2)cc1. The Morgan fingerprint density at radius 1 is 1.36 bits per heavy atom. The van der Waals surface area contributed by atoms with Gasteiger partial charge in [0.15, 0.2) is 0 Å². The van der Waals surface area contributed by atoms with Gasteiger partial charge in [0.1, 0.15) is 11.6 Å². The first kappa shape index (κ1) is 17.2. The number of hydrogen-bond donors (Lipinski definition) is 1. The second kappa shape index (κ2) is 7.51. The first-order chi connectivity index (χ1) is 12.0. The van der Waals surface area contributed by atoms with Crippen LogP contribution in [0.2, 0.25) is 0 Å². The summed E-state index contributed by atoms with van der Waals surface area (Å²) in [4.78, 5) is 33.5. The largest absolute Gasteiger partial charge is 0.497 e. The number of methoxy groups -OCH3 is 1. The van der Waals surface area contributed by atoms with E-state index in [1.54, 1.807) is 7.11 Å². The van der Waals surface area contributed by atoms with Gasteiger partial charge in [-0.3, -0.25) is 9.59 Å². The molecule has 1 aliphatic rings. The minimum Gasteiger partial charge on any atom is -0.497 e. The van der Waals surface area contributed by atoms with E-state index < -0.39 is 0 Å². The molecule has 0 aliphatic carbocycles. The lowest BCUT2D eigenvalue weighted by Gasteiger charge is -2.32. The first-order valence-electron chi connectivity index (χ1n) is 8.53. The highest BCUT2D eigenvalue weighted by Crippen LogP contribution is 2.24.